The summed E-state index contributed by atoms with van der Waals surface area (Å²) in [6, 6.07) is 8.21. The quantitative estimate of drug-likeness (QED) is 0.645. The van der Waals surface area contributed by atoms with E-state index in [2.05, 4.69) is 5.32 Å². The highest BCUT2D eigenvalue weighted by atomic mass is 16.3. The van der Waals surface area contributed by atoms with E-state index >= 15 is 0 Å². The lowest BCUT2D eigenvalue weighted by Gasteiger charge is -2.28. The number of amides is 2. The van der Waals surface area contributed by atoms with Crippen molar-refractivity contribution in [1.29, 1.82) is 0 Å². The van der Waals surface area contributed by atoms with Gasteiger partial charge < -0.3 is 5.11 Å². The topological polar surface area (TPSA) is 83.5 Å². The molecule has 0 atom stereocenters. The zero-order valence-corrected chi connectivity index (χ0v) is 12.0. The van der Waals surface area contributed by atoms with Crippen molar-refractivity contribution in [2.45, 2.75) is 26.7 Å². The van der Waals surface area contributed by atoms with Gasteiger partial charge in [0, 0.05) is 18.4 Å². The van der Waals surface area contributed by atoms with E-state index in [1.807, 2.05) is 13.8 Å². The highest BCUT2D eigenvalue weighted by Gasteiger charge is 2.36. The Morgan fingerprint density at radius 3 is 2.29 bits per heavy atom. The standard InChI is InChI=1S/C16H17NO4/c1-16(2)8-11(18)13(12(19)9-16)15(21)17-14(20)10-6-4-3-5-7-10/h3-7,18H,8-9H2,1-2H3,(H,17,20,21). The Kier molecular flexibility index (Phi) is 3.93. The number of carbonyl (C=O) groups excluding carboxylic acids is 3. The number of allylic oxidation sites excluding steroid dienone is 1. The van der Waals surface area contributed by atoms with Gasteiger partial charge >= 0.3 is 0 Å². The third-order valence-electron chi connectivity index (χ3n) is 3.34. The predicted octanol–water partition coefficient (Wildman–Crippen LogP) is 2.14. The molecule has 0 radical (unpaired) electrons. The van der Waals surface area contributed by atoms with Crippen LogP contribution in [0.2, 0.25) is 0 Å². The van der Waals surface area contributed by atoms with Crippen LogP contribution in [0.25, 0.3) is 0 Å². The minimum atomic E-state index is -0.846. The van der Waals surface area contributed by atoms with Gasteiger partial charge in [-0.05, 0) is 17.5 Å². The smallest absolute Gasteiger partial charge is 0.265 e. The minimum Gasteiger partial charge on any atom is -0.511 e. The summed E-state index contributed by atoms with van der Waals surface area (Å²) < 4.78 is 0. The zero-order valence-electron chi connectivity index (χ0n) is 12.0. The van der Waals surface area contributed by atoms with E-state index in [0.717, 1.165) is 0 Å². The first-order valence-electron chi connectivity index (χ1n) is 6.66. The number of aliphatic hydroxyl groups is 1. The Bertz CT molecular complexity index is 629. The van der Waals surface area contributed by atoms with Crippen LogP contribution in [0.5, 0.6) is 0 Å². The molecule has 0 bridgehead atoms. The molecule has 0 fully saturated rings. The van der Waals surface area contributed by atoms with Crippen LogP contribution >= 0.6 is 0 Å². The normalized spacial score (nSPS) is 17.5. The lowest BCUT2D eigenvalue weighted by molar-refractivity contribution is -0.124. The van der Waals surface area contributed by atoms with E-state index < -0.39 is 17.6 Å². The molecular weight excluding hydrogens is 270 g/mol. The van der Waals surface area contributed by atoms with Gasteiger partial charge in [0.2, 0.25) is 0 Å². The van der Waals surface area contributed by atoms with Crippen molar-refractivity contribution in [2.24, 2.45) is 5.41 Å². The average molecular weight is 287 g/mol. The summed E-state index contributed by atoms with van der Waals surface area (Å²) in [6.45, 7) is 3.68. The van der Waals surface area contributed by atoms with Crippen molar-refractivity contribution >= 4 is 17.6 Å². The van der Waals surface area contributed by atoms with Crippen LogP contribution in [0, 0.1) is 5.41 Å². The molecule has 2 rings (SSSR count). The molecule has 1 aliphatic rings. The van der Waals surface area contributed by atoms with Crippen LogP contribution < -0.4 is 5.32 Å². The zero-order chi connectivity index (χ0) is 15.6. The Morgan fingerprint density at radius 2 is 1.71 bits per heavy atom. The Labute approximate surface area is 122 Å². The van der Waals surface area contributed by atoms with Gasteiger partial charge in [-0.2, -0.15) is 0 Å². The third-order valence-corrected chi connectivity index (χ3v) is 3.34. The third kappa shape index (κ3) is 3.37. The number of nitrogens with one attached hydrogen (secondary N) is 1. The van der Waals surface area contributed by atoms with Gasteiger partial charge in [0.25, 0.3) is 11.8 Å². The van der Waals surface area contributed by atoms with Crippen molar-refractivity contribution in [2.75, 3.05) is 0 Å². The van der Waals surface area contributed by atoms with Gasteiger partial charge in [0.1, 0.15) is 11.3 Å². The molecule has 0 aromatic heterocycles. The maximum atomic E-state index is 12.0. The fourth-order valence-electron chi connectivity index (χ4n) is 2.37. The molecular formula is C16H17NO4. The van der Waals surface area contributed by atoms with Crippen LogP contribution in [0.4, 0.5) is 0 Å². The highest BCUT2D eigenvalue weighted by molar-refractivity contribution is 6.24. The molecule has 0 heterocycles. The maximum Gasteiger partial charge on any atom is 0.265 e. The molecule has 1 aromatic carbocycles. The van der Waals surface area contributed by atoms with Crippen LogP contribution in [0.15, 0.2) is 41.7 Å². The molecule has 110 valence electrons. The second kappa shape index (κ2) is 5.52. The molecule has 0 saturated carbocycles. The fourth-order valence-corrected chi connectivity index (χ4v) is 2.37. The summed E-state index contributed by atoms with van der Waals surface area (Å²) >= 11 is 0. The Morgan fingerprint density at radius 1 is 1.10 bits per heavy atom. The van der Waals surface area contributed by atoms with Gasteiger partial charge in [-0.1, -0.05) is 32.0 Å². The molecule has 0 saturated heterocycles. The number of ketones is 1. The number of benzene rings is 1. The van der Waals surface area contributed by atoms with E-state index in [1.165, 1.54) is 0 Å². The van der Waals surface area contributed by atoms with Gasteiger partial charge in [-0.3, -0.25) is 19.7 Å². The maximum absolute atomic E-state index is 12.0. The van der Waals surface area contributed by atoms with Crippen LogP contribution in [-0.4, -0.2) is 22.7 Å². The molecule has 21 heavy (non-hydrogen) atoms. The summed E-state index contributed by atoms with van der Waals surface area (Å²) in [5.74, 6) is -2.14. The number of hydrogen-bond donors (Lipinski definition) is 2. The second-order valence-corrected chi connectivity index (χ2v) is 5.91. The number of hydrogen-bond acceptors (Lipinski definition) is 4. The molecule has 1 aliphatic carbocycles. The average Bonchev–Trinajstić information content (AvgIpc) is 2.37. The van der Waals surface area contributed by atoms with Gasteiger partial charge in [0.15, 0.2) is 5.78 Å². The van der Waals surface area contributed by atoms with Crippen LogP contribution in [0.1, 0.15) is 37.0 Å². The minimum absolute atomic E-state index is 0.166. The molecule has 5 heteroatoms. The molecule has 2 amide bonds. The highest BCUT2D eigenvalue weighted by Crippen LogP contribution is 2.35. The van der Waals surface area contributed by atoms with Crippen LogP contribution in [0.3, 0.4) is 0 Å². The van der Waals surface area contributed by atoms with Crippen molar-refractivity contribution in [3.05, 3.63) is 47.2 Å². The number of aliphatic hydroxyl groups excluding tert-OH is 1. The van der Waals surface area contributed by atoms with Crippen LogP contribution in [-0.2, 0) is 9.59 Å². The lowest BCUT2D eigenvalue weighted by atomic mass is 9.76. The largest absolute Gasteiger partial charge is 0.511 e. The monoisotopic (exact) mass is 287 g/mol. The summed E-state index contributed by atoms with van der Waals surface area (Å²) in [5.41, 5.74) is -0.373. The predicted molar refractivity (Wildman–Crippen MR) is 76.6 cm³/mol. The Hall–Kier alpha value is -2.43. The number of rotatable bonds is 2. The summed E-state index contributed by atoms with van der Waals surface area (Å²) in [4.78, 5) is 35.9. The number of Topliss-reactive ketones (excluding diaryl/α,β-unsaturated/α-hetero) is 1. The van der Waals surface area contributed by atoms with E-state index in [9.17, 15) is 19.5 Å². The van der Waals surface area contributed by atoms with Crippen molar-refractivity contribution in [3.8, 4) is 0 Å². The number of imide groups is 1. The second-order valence-electron chi connectivity index (χ2n) is 5.91. The molecule has 0 unspecified atom stereocenters. The Balaban J connectivity index is 2.17. The van der Waals surface area contributed by atoms with E-state index in [0.29, 0.717) is 5.56 Å². The first-order valence-corrected chi connectivity index (χ1v) is 6.66. The molecule has 0 aliphatic heterocycles. The van der Waals surface area contributed by atoms with Crippen molar-refractivity contribution in [3.63, 3.8) is 0 Å². The first-order chi connectivity index (χ1) is 9.80. The van der Waals surface area contributed by atoms with E-state index in [-0.39, 0.29) is 29.6 Å². The summed E-state index contributed by atoms with van der Waals surface area (Å²) in [6.07, 6.45) is 0.403. The molecule has 2 N–H and O–H groups in total. The van der Waals surface area contributed by atoms with Gasteiger partial charge in [-0.25, -0.2) is 0 Å². The fraction of sp³-hybridized carbons (Fsp3) is 0.312. The number of carbonyl (C=O) groups is 3. The molecule has 5 nitrogen and oxygen atoms in total. The summed E-state index contributed by atoms with van der Waals surface area (Å²) in [7, 11) is 0. The van der Waals surface area contributed by atoms with Gasteiger partial charge in [0.05, 0.1) is 0 Å². The van der Waals surface area contributed by atoms with E-state index in [1.54, 1.807) is 30.3 Å². The molecule has 0 spiro atoms. The van der Waals surface area contributed by atoms with Crippen molar-refractivity contribution in [1.82, 2.24) is 5.32 Å². The first kappa shape index (κ1) is 15.0. The summed E-state index contributed by atoms with van der Waals surface area (Å²) in [5, 5.41) is 12.1. The molecule has 1 aromatic rings. The van der Waals surface area contributed by atoms with Crippen molar-refractivity contribution < 1.29 is 19.5 Å². The lowest BCUT2D eigenvalue weighted by Crippen LogP contribution is -2.38. The van der Waals surface area contributed by atoms with Gasteiger partial charge in [-0.15, -0.1) is 0 Å². The van der Waals surface area contributed by atoms with E-state index in [4.69, 9.17) is 0 Å². The SMILES string of the molecule is CC1(C)CC(=O)C(C(=O)NC(=O)c2ccccc2)=C(O)C1.